The van der Waals surface area contributed by atoms with Gasteiger partial charge in [-0.15, -0.1) is 0 Å². The predicted molar refractivity (Wildman–Crippen MR) is 153 cm³/mol. The highest BCUT2D eigenvalue weighted by Crippen LogP contribution is 2.55. The minimum atomic E-state index is -1.23. The second kappa shape index (κ2) is 10.5. The van der Waals surface area contributed by atoms with Gasteiger partial charge < -0.3 is 29.7 Å². The Morgan fingerprint density at radius 2 is 1.76 bits per heavy atom. The van der Waals surface area contributed by atoms with Crippen molar-refractivity contribution in [1.29, 1.82) is 0 Å². The van der Waals surface area contributed by atoms with E-state index in [9.17, 15) is 14.4 Å². The standard InChI is InChI=1S/C31H32BrN3O6/c32-18-10-12-20(13-11-18)33-28(36)25-24-14-15-31(41-24)26(25)30(38)35(27(31)29(37)34-19-6-2-1-3-7-19)16-21-17-39-22-8-4-5-9-23(22)40-21/h4-5,8-15,19,21,24-27H,1-3,6-7,16-17H2,(H,33,36)(H,34,37)/t21-,24-,25+,26-,27-,31-/m1/s1. The maximum atomic E-state index is 14.3. The summed E-state index contributed by atoms with van der Waals surface area (Å²) in [4.78, 5) is 43.5. The fraction of sp³-hybridized carbons (Fsp3) is 0.452. The molecule has 2 bridgehead atoms. The molecule has 1 saturated carbocycles. The van der Waals surface area contributed by atoms with Crippen molar-refractivity contribution in [2.24, 2.45) is 11.8 Å². The van der Waals surface area contributed by atoms with E-state index in [0.29, 0.717) is 17.2 Å². The number of rotatable bonds is 6. The van der Waals surface area contributed by atoms with Crippen molar-refractivity contribution in [3.05, 3.63) is 65.2 Å². The van der Waals surface area contributed by atoms with Gasteiger partial charge in [-0.3, -0.25) is 14.4 Å². The molecule has 4 heterocycles. The quantitative estimate of drug-likeness (QED) is 0.475. The number of nitrogens with one attached hydrogen (secondary N) is 2. The molecular formula is C31H32BrN3O6. The Morgan fingerprint density at radius 1 is 1.00 bits per heavy atom. The summed E-state index contributed by atoms with van der Waals surface area (Å²) in [6, 6.07) is 13.8. The summed E-state index contributed by atoms with van der Waals surface area (Å²) in [6.45, 7) is 0.374. The molecule has 41 heavy (non-hydrogen) atoms. The summed E-state index contributed by atoms with van der Waals surface area (Å²) in [5.41, 5.74) is -0.602. The van der Waals surface area contributed by atoms with Gasteiger partial charge in [-0.1, -0.05) is 59.5 Å². The van der Waals surface area contributed by atoms with Crippen LogP contribution >= 0.6 is 15.9 Å². The van der Waals surface area contributed by atoms with Crippen LogP contribution in [0.1, 0.15) is 32.1 Å². The van der Waals surface area contributed by atoms with E-state index in [1.54, 1.807) is 17.0 Å². The predicted octanol–water partition coefficient (Wildman–Crippen LogP) is 3.83. The molecule has 2 saturated heterocycles. The first-order chi connectivity index (χ1) is 19.9. The summed E-state index contributed by atoms with van der Waals surface area (Å²) < 4.78 is 19.5. The van der Waals surface area contributed by atoms with Crippen LogP contribution < -0.4 is 20.1 Å². The number of anilines is 1. The van der Waals surface area contributed by atoms with E-state index >= 15 is 0 Å². The number of halogens is 1. The number of likely N-dealkylation sites (tertiary alicyclic amines) is 1. The second-order valence-corrected chi connectivity index (χ2v) is 12.4. The highest BCUT2D eigenvalue weighted by molar-refractivity contribution is 9.10. The van der Waals surface area contributed by atoms with Gasteiger partial charge in [0, 0.05) is 16.2 Å². The van der Waals surface area contributed by atoms with Crippen LogP contribution in [0.5, 0.6) is 11.5 Å². The number of para-hydroxylation sites is 2. The first kappa shape index (κ1) is 26.5. The lowest BCUT2D eigenvalue weighted by Crippen LogP contribution is -2.58. The fourth-order valence-electron chi connectivity index (χ4n) is 7.12. The normalized spacial score (nSPS) is 31.7. The van der Waals surface area contributed by atoms with E-state index in [4.69, 9.17) is 14.2 Å². The third kappa shape index (κ3) is 4.61. The van der Waals surface area contributed by atoms with Crippen molar-refractivity contribution in [1.82, 2.24) is 10.2 Å². The molecular weight excluding hydrogens is 590 g/mol. The smallest absolute Gasteiger partial charge is 0.246 e. The average Bonchev–Trinajstić information content (AvgIpc) is 3.62. The van der Waals surface area contributed by atoms with E-state index in [-0.39, 0.29) is 36.9 Å². The highest BCUT2D eigenvalue weighted by Gasteiger charge is 2.73. The van der Waals surface area contributed by atoms with Crippen LogP contribution in [0.2, 0.25) is 0 Å². The zero-order valence-electron chi connectivity index (χ0n) is 22.5. The van der Waals surface area contributed by atoms with Crippen LogP contribution in [0.15, 0.2) is 65.2 Å². The van der Waals surface area contributed by atoms with Gasteiger partial charge in [-0.25, -0.2) is 0 Å². The van der Waals surface area contributed by atoms with E-state index in [2.05, 4.69) is 26.6 Å². The van der Waals surface area contributed by atoms with Crippen LogP contribution in [0, 0.1) is 11.8 Å². The minimum absolute atomic E-state index is 0.0591. The van der Waals surface area contributed by atoms with Gasteiger partial charge >= 0.3 is 0 Å². The lowest BCUT2D eigenvalue weighted by molar-refractivity contribution is -0.143. The first-order valence-electron chi connectivity index (χ1n) is 14.4. The van der Waals surface area contributed by atoms with Gasteiger partial charge in [0.2, 0.25) is 17.7 Å². The summed E-state index contributed by atoms with van der Waals surface area (Å²) in [5, 5.41) is 6.17. The molecule has 10 heteroatoms. The van der Waals surface area contributed by atoms with Crippen molar-refractivity contribution in [3.63, 3.8) is 0 Å². The number of hydrogen-bond donors (Lipinski definition) is 2. The fourth-order valence-corrected chi connectivity index (χ4v) is 7.39. The van der Waals surface area contributed by atoms with E-state index in [0.717, 1.165) is 36.6 Å². The molecule has 214 valence electrons. The van der Waals surface area contributed by atoms with Crippen molar-refractivity contribution >= 4 is 39.3 Å². The Labute approximate surface area is 246 Å². The minimum Gasteiger partial charge on any atom is -0.486 e. The number of benzene rings is 2. The molecule has 1 spiro atoms. The maximum Gasteiger partial charge on any atom is 0.246 e. The van der Waals surface area contributed by atoms with Gasteiger partial charge in [0.25, 0.3) is 0 Å². The number of nitrogens with zero attached hydrogens (tertiary/aromatic N) is 1. The highest BCUT2D eigenvalue weighted by atomic mass is 79.9. The molecule has 2 N–H and O–H groups in total. The first-order valence-corrected chi connectivity index (χ1v) is 15.2. The maximum absolute atomic E-state index is 14.3. The van der Waals surface area contributed by atoms with E-state index < -0.39 is 35.7 Å². The number of hydrogen-bond acceptors (Lipinski definition) is 6. The summed E-state index contributed by atoms with van der Waals surface area (Å²) in [7, 11) is 0. The van der Waals surface area contributed by atoms with E-state index in [1.165, 1.54) is 0 Å². The second-order valence-electron chi connectivity index (χ2n) is 11.5. The Kier molecular flexibility index (Phi) is 6.78. The number of ether oxygens (including phenoxy) is 3. The van der Waals surface area contributed by atoms with Gasteiger partial charge in [-0.2, -0.15) is 0 Å². The molecule has 0 aromatic heterocycles. The zero-order valence-corrected chi connectivity index (χ0v) is 24.0. The lowest BCUT2D eigenvalue weighted by atomic mass is 9.74. The summed E-state index contributed by atoms with van der Waals surface area (Å²) in [5.74, 6) is -1.18. The molecule has 9 nitrogen and oxygen atoms in total. The molecule has 1 aliphatic carbocycles. The molecule has 3 fully saturated rings. The molecule has 5 aliphatic rings. The summed E-state index contributed by atoms with van der Waals surface area (Å²) >= 11 is 3.41. The molecule has 3 amide bonds. The number of carbonyl (C=O) groups is 3. The number of carbonyl (C=O) groups excluding carboxylic acids is 3. The lowest BCUT2D eigenvalue weighted by Gasteiger charge is -2.36. The third-order valence-corrected chi connectivity index (χ3v) is 9.48. The zero-order chi connectivity index (χ0) is 28.1. The Morgan fingerprint density at radius 3 is 2.54 bits per heavy atom. The van der Waals surface area contributed by atoms with Crippen molar-refractivity contribution in [2.75, 3.05) is 18.5 Å². The molecule has 6 atom stereocenters. The molecule has 2 aromatic carbocycles. The van der Waals surface area contributed by atoms with Crippen LogP contribution in [0.25, 0.3) is 0 Å². The SMILES string of the molecule is O=C(Nc1ccc(Br)cc1)[C@H]1[C@H]2C=C[C@@]3(O2)[C@H]1C(=O)N(C[C@@H]1COc2ccccc2O1)[C@@H]3C(=O)NC1CCCCC1. The molecule has 0 unspecified atom stereocenters. The number of amides is 3. The van der Waals surface area contributed by atoms with Crippen LogP contribution in [-0.4, -0.2) is 65.7 Å². The Balaban J connectivity index is 1.18. The molecule has 4 aliphatic heterocycles. The van der Waals surface area contributed by atoms with Crippen molar-refractivity contribution in [3.8, 4) is 11.5 Å². The van der Waals surface area contributed by atoms with Crippen molar-refractivity contribution < 1.29 is 28.6 Å². The summed E-state index contributed by atoms with van der Waals surface area (Å²) in [6.07, 6.45) is 7.71. The van der Waals surface area contributed by atoms with Gasteiger partial charge in [0.1, 0.15) is 18.2 Å². The van der Waals surface area contributed by atoms with Crippen LogP contribution in [0.4, 0.5) is 5.69 Å². The monoisotopic (exact) mass is 621 g/mol. The van der Waals surface area contributed by atoms with Gasteiger partial charge in [0.15, 0.2) is 17.6 Å². The molecule has 2 aromatic rings. The Hall–Kier alpha value is -3.37. The largest absolute Gasteiger partial charge is 0.486 e. The molecule has 7 rings (SSSR count). The van der Waals surface area contributed by atoms with Gasteiger partial charge in [0.05, 0.1) is 24.5 Å². The van der Waals surface area contributed by atoms with Gasteiger partial charge in [-0.05, 0) is 49.2 Å². The molecule has 0 radical (unpaired) electrons. The van der Waals surface area contributed by atoms with E-state index in [1.807, 2.05) is 48.6 Å². The topological polar surface area (TPSA) is 106 Å². The average molecular weight is 623 g/mol. The third-order valence-electron chi connectivity index (χ3n) is 8.96. The van der Waals surface area contributed by atoms with Crippen LogP contribution in [0.3, 0.4) is 0 Å². The van der Waals surface area contributed by atoms with Crippen LogP contribution in [-0.2, 0) is 19.1 Å². The number of fused-ring (bicyclic) bond motifs is 2. The van der Waals surface area contributed by atoms with Crippen molar-refractivity contribution in [2.45, 2.75) is 62.0 Å². The Bertz CT molecular complexity index is 1390.